The summed E-state index contributed by atoms with van der Waals surface area (Å²) < 4.78 is 47.1. The minimum Gasteiger partial charge on any atom is -0.508 e. The van der Waals surface area contributed by atoms with Gasteiger partial charge in [-0.2, -0.15) is 13.2 Å². The molecule has 3 aromatic carbocycles. The van der Waals surface area contributed by atoms with E-state index >= 15 is 0 Å². The Balaban J connectivity index is 1.84. The molecule has 0 fully saturated rings. The lowest BCUT2D eigenvalue weighted by atomic mass is 10.0. The lowest BCUT2D eigenvalue weighted by molar-refractivity contribution is -0.137. The molecule has 1 N–H and O–H groups in total. The van der Waals surface area contributed by atoms with E-state index < -0.39 is 23.1 Å². The van der Waals surface area contributed by atoms with Crippen LogP contribution in [0.25, 0.3) is 16.2 Å². The molecule has 0 spiro atoms. The summed E-state index contributed by atoms with van der Waals surface area (Å²) in [5, 5.41) is 10.4. The van der Waals surface area contributed by atoms with Gasteiger partial charge in [-0.15, -0.1) is 11.3 Å². The zero-order valence-corrected chi connectivity index (χ0v) is 17.6. The van der Waals surface area contributed by atoms with Crippen LogP contribution < -0.4 is 4.74 Å². The van der Waals surface area contributed by atoms with Crippen LogP contribution in [-0.4, -0.2) is 10.9 Å². The number of carbonyl (C=O) groups excluding carboxylic acids is 1. The van der Waals surface area contributed by atoms with Crippen LogP contribution in [0.15, 0.2) is 72.8 Å². The second-order valence-electron chi connectivity index (χ2n) is 6.98. The molecule has 7 heteroatoms. The predicted octanol–water partition coefficient (Wildman–Crippen LogP) is 7.68. The number of thiophene rings is 1. The molecule has 0 atom stereocenters. The van der Waals surface area contributed by atoms with Crippen LogP contribution in [-0.2, 0) is 6.18 Å². The van der Waals surface area contributed by atoms with Gasteiger partial charge in [0, 0.05) is 15.6 Å². The first kappa shape index (κ1) is 21.6. The van der Waals surface area contributed by atoms with Gasteiger partial charge in [-0.1, -0.05) is 42.5 Å². The number of halogens is 3. The van der Waals surface area contributed by atoms with Crippen molar-refractivity contribution in [2.75, 3.05) is 0 Å². The van der Waals surface area contributed by atoms with Gasteiger partial charge in [0.25, 0.3) is 0 Å². The molecule has 3 nitrogen and oxygen atoms in total. The van der Waals surface area contributed by atoms with Gasteiger partial charge < -0.3 is 9.84 Å². The Morgan fingerprint density at radius 1 is 1.03 bits per heavy atom. The third kappa shape index (κ3) is 4.24. The van der Waals surface area contributed by atoms with Crippen molar-refractivity contribution in [3.63, 3.8) is 0 Å². The number of fused-ring (bicyclic) bond motifs is 1. The average Bonchev–Trinajstić information content (AvgIpc) is 3.11. The van der Waals surface area contributed by atoms with E-state index in [2.05, 4.69) is 0 Å². The smallest absolute Gasteiger partial charge is 0.417 e. The predicted molar refractivity (Wildman–Crippen MR) is 120 cm³/mol. The molecular weight excluding hydrogens is 437 g/mol. The van der Waals surface area contributed by atoms with Gasteiger partial charge in [0.1, 0.15) is 16.4 Å². The molecule has 0 aliphatic rings. The SMILES string of the molecule is C/C=C/c1ccc(Oc2c(C(=O)c3ccccc3C(F)(F)F)sc3cc(O)ccc23)cc1. The molecule has 1 aromatic heterocycles. The van der Waals surface area contributed by atoms with E-state index in [-0.39, 0.29) is 16.4 Å². The summed E-state index contributed by atoms with van der Waals surface area (Å²) in [6.07, 6.45) is -0.871. The number of aromatic hydroxyl groups is 1. The molecule has 0 radical (unpaired) electrons. The summed E-state index contributed by atoms with van der Waals surface area (Å²) in [5.41, 5.74) is -0.508. The van der Waals surface area contributed by atoms with Crippen molar-refractivity contribution >= 4 is 33.3 Å². The van der Waals surface area contributed by atoms with Crippen LogP contribution in [0.4, 0.5) is 13.2 Å². The number of allylic oxidation sites excluding steroid dienone is 1. The summed E-state index contributed by atoms with van der Waals surface area (Å²) in [6, 6.07) is 16.2. The molecule has 162 valence electrons. The van der Waals surface area contributed by atoms with Crippen molar-refractivity contribution < 1.29 is 27.8 Å². The number of ether oxygens (including phenoxy) is 1. The van der Waals surface area contributed by atoms with Crippen LogP contribution in [0.1, 0.15) is 33.3 Å². The molecular formula is C25H17F3O3S. The maximum absolute atomic E-state index is 13.5. The molecule has 1 heterocycles. The number of rotatable bonds is 5. The maximum atomic E-state index is 13.5. The van der Waals surface area contributed by atoms with Crippen LogP contribution in [0.2, 0.25) is 0 Å². The van der Waals surface area contributed by atoms with Crippen LogP contribution in [0.3, 0.4) is 0 Å². The molecule has 0 aliphatic carbocycles. The number of hydrogen-bond donors (Lipinski definition) is 1. The molecule has 4 rings (SSSR count). The first-order valence-corrected chi connectivity index (χ1v) is 10.5. The van der Waals surface area contributed by atoms with Gasteiger partial charge in [-0.25, -0.2) is 0 Å². The monoisotopic (exact) mass is 454 g/mol. The normalized spacial score (nSPS) is 11.9. The van der Waals surface area contributed by atoms with Gasteiger partial charge in [0.15, 0.2) is 5.75 Å². The molecule has 0 unspecified atom stereocenters. The summed E-state index contributed by atoms with van der Waals surface area (Å²) in [7, 11) is 0. The fraction of sp³-hybridized carbons (Fsp3) is 0.0800. The van der Waals surface area contributed by atoms with E-state index in [1.807, 2.05) is 31.2 Å². The highest BCUT2D eigenvalue weighted by Gasteiger charge is 2.36. The highest BCUT2D eigenvalue weighted by atomic mass is 32.1. The Hall–Kier alpha value is -3.58. The molecule has 0 saturated carbocycles. The molecule has 0 saturated heterocycles. The quantitative estimate of drug-likeness (QED) is 0.315. The van der Waals surface area contributed by atoms with Crippen molar-refractivity contribution in [2.45, 2.75) is 13.1 Å². The van der Waals surface area contributed by atoms with Gasteiger partial charge in [0.2, 0.25) is 5.78 Å². The van der Waals surface area contributed by atoms with Gasteiger partial charge in [0.05, 0.1) is 5.56 Å². The number of alkyl halides is 3. The topological polar surface area (TPSA) is 46.5 Å². The average molecular weight is 454 g/mol. The van der Waals surface area contributed by atoms with E-state index in [1.54, 1.807) is 18.2 Å². The minimum absolute atomic E-state index is 0.0179. The van der Waals surface area contributed by atoms with Gasteiger partial charge in [-0.3, -0.25) is 4.79 Å². The van der Waals surface area contributed by atoms with Crippen molar-refractivity contribution in [3.8, 4) is 17.2 Å². The van der Waals surface area contributed by atoms with E-state index in [0.29, 0.717) is 15.8 Å². The van der Waals surface area contributed by atoms with Crippen molar-refractivity contribution in [2.24, 2.45) is 0 Å². The first-order chi connectivity index (χ1) is 15.3. The number of phenols is 1. The van der Waals surface area contributed by atoms with E-state index in [0.717, 1.165) is 29.0 Å². The standard InChI is InChI=1S/C25H17F3O3S/c1-2-5-15-8-11-17(12-9-15)31-23-19-13-10-16(29)14-21(19)32-24(23)22(30)18-6-3-4-7-20(18)25(26,27)28/h2-14,29H,1H3/b5-2+. The molecule has 0 amide bonds. The molecule has 0 aliphatic heterocycles. The van der Waals surface area contributed by atoms with Crippen molar-refractivity contribution in [1.29, 1.82) is 0 Å². The summed E-state index contributed by atoms with van der Waals surface area (Å²) >= 11 is 0.978. The van der Waals surface area contributed by atoms with E-state index in [9.17, 15) is 23.1 Å². The maximum Gasteiger partial charge on any atom is 0.417 e. The van der Waals surface area contributed by atoms with Crippen molar-refractivity contribution in [3.05, 3.63) is 94.4 Å². The lowest BCUT2D eigenvalue weighted by Crippen LogP contribution is -2.13. The number of phenolic OH excluding ortho intramolecular Hbond substituents is 1. The Morgan fingerprint density at radius 3 is 2.44 bits per heavy atom. The molecule has 32 heavy (non-hydrogen) atoms. The highest BCUT2D eigenvalue weighted by molar-refractivity contribution is 7.21. The van der Waals surface area contributed by atoms with Crippen LogP contribution >= 0.6 is 11.3 Å². The van der Waals surface area contributed by atoms with Crippen molar-refractivity contribution in [1.82, 2.24) is 0 Å². The van der Waals surface area contributed by atoms with Crippen LogP contribution in [0.5, 0.6) is 17.2 Å². The molecule has 0 bridgehead atoms. The fourth-order valence-electron chi connectivity index (χ4n) is 3.32. The number of ketones is 1. The summed E-state index contributed by atoms with van der Waals surface area (Å²) in [4.78, 5) is 13.3. The lowest BCUT2D eigenvalue weighted by Gasteiger charge is -2.12. The summed E-state index contributed by atoms with van der Waals surface area (Å²) in [5.74, 6) is -0.218. The largest absolute Gasteiger partial charge is 0.508 e. The number of carbonyl (C=O) groups is 1. The van der Waals surface area contributed by atoms with Gasteiger partial charge in [-0.05, 0) is 48.9 Å². The molecule has 4 aromatic rings. The third-order valence-corrected chi connectivity index (χ3v) is 5.90. The Labute approximate surface area is 186 Å². The fourth-order valence-corrected chi connectivity index (χ4v) is 4.44. The Kier molecular flexibility index (Phi) is 5.76. The first-order valence-electron chi connectivity index (χ1n) is 9.65. The Bertz CT molecular complexity index is 1320. The van der Waals surface area contributed by atoms with Crippen LogP contribution in [0, 0.1) is 0 Å². The van der Waals surface area contributed by atoms with Gasteiger partial charge >= 0.3 is 6.18 Å². The number of benzene rings is 3. The zero-order valence-electron chi connectivity index (χ0n) is 16.8. The summed E-state index contributed by atoms with van der Waals surface area (Å²) in [6.45, 7) is 1.90. The third-order valence-electron chi connectivity index (χ3n) is 4.77. The van der Waals surface area contributed by atoms with E-state index in [1.165, 1.54) is 24.3 Å². The Morgan fingerprint density at radius 2 is 1.75 bits per heavy atom. The number of hydrogen-bond acceptors (Lipinski definition) is 4. The minimum atomic E-state index is -4.68. The second kappa shape index (κ2) is 8.51. The second-order valence-corrected chi connectivity index (χ2v) is 8.04. The highest BCUT2D eigenvalue weighted by Crippen LogP contribution is 2.44. The zero-order chi connectivity index (χ0) is 22.9. The van der Waals surface area contributed by atoms with E-state index in [4.69, 9.17) is 4.74 Å².